The number of hydrogen-bond acceptors (Lipinski definition) is 9. The third-order valence-corrected chi connectivity index (χ3v) is 7.57. The summed E-state index contributed by atoms with van der Waals surface area (Å²) in [7, 11) is 1.81. The van der Waals surface area contributed by atoms with Crippen molar-refractivity contribution in [3.63, 3.8) is 0 Å². The maximum absolute atomic E-state index is 13.3. The Balaban J connectivity index is 1.37. The van der Waals surface area contributed by atoms with Crippen molar-refractivity contribution < 1.29 is 23.9 Å². The Bertz CT molecular complexity index is 1370. The van der Waals surface area contributed by atoms with Gasteiger partial charge in [-0.3, -0.25) is 14.8 Å². The van der Waals surface area contributed by atoms with Gasteiger partial charge in [0.1, 0.15) is 22.9 Å². The van der Waals surface area contributed by atoms with Crippen molar-refractivity contribution in [2.45, 2.75) is 58.3 Å². The number of alkyl carbamates (subject to hydrolysis) is 1. The van der Waals surface area contributed by atoms with Gasteiger partial charge in [0.2, 0.25) is 0 Å². The molecular weight excluding hydrogens is 614 g/mol. The molecule has 1 aromatic carbocycles. The number of aromatic nitrogens is 3. The largest absolute Gasteiger partial charge is 0.445 e. The monoisotopic (exact) mass is 647 g/mol. The number of rotatable bonds is 7. The van der Waals surface area contributed by atoms with E-state index in [-0.39, 0.29) is 23.3 Å². The second-order valence-corrected chi connectivity index (χ2v) is 12.8. The quantitative estimate of drug-likeness (QED) is 0.304. The highest BCUT2D eigenvalue weighted by Crippen LogP contribution is 2.32. The zero-order valence-corrected chi connectivity index (χ0v) is 25.8. The van der Waals surface area contributed by atoms with Crippen LogP contribution in [0.4, 0.5) is 26.1 Å². The van der Waals surface area contributed by atoms with Gasteiger partial charge in [0.15, 0.2) is 15.4 Å². The number of nitrogens with one attached hydrogen (secondary N) is 3. The summed E-state index contributed by atoms with van der Waals surface area (Å²) in [6.07, 6.45) is 2.78. The normalized spacial score (nSPS) is 15.5. The van der Waals surface area contributed by atoms with Crippen molar-refractivity contribution in [3.8, 4) is 0 Å². The van der Waals surface area contributed by atoms with Gasteiger partial charge >= 0.3 is 12.2 Å². The van der Waals surface area contributed by atoms with Gasteiger partial charge in [-0.05, 0) is 61.5 Å². The van der Waals surface area contributed by atoms with Crippen LogP contribution in [0.2, 0.25) is 0 Å². The van der Waals surface area contributed by atoms with Crippen LogP contribution in [0.1, 0.15) is 56.1 Å². The fourth-order valence-electron chi connectivity index (χ4n) is 4.39. The van der Waals surface area contributed by atoms with Crippen molar-refractivity contribution in [2.75, 3.05) is 28.6 Å². The molecule has 1 aliphatic heterocycles. The highest BCUT2D eigenvalue weighted by molar-refractivity contribution is 9.11. The summed E-state index contributed by atoms with van der Waals surface area (Å²) in [5.41, 5.74) is 0.803. The number of anilines is 3. The fourth-order valence-corrected chi connectivity index (χ4v) is 5.73. The lowest BCUT2D eigenvalue weighted by molar-refractivity contribution is 0.0636. The zero-order chi connectivity index (χ0) is 29.6. The molecule has 1 aliphatic rings. The Kier molecular flexibility index (Phi) is 9.86. The Hall–Kier alpha value is -3.65. The van der Waals surface area contributed by atoms with Gasteiger partial charge in [-0.15, -0.1) is 0 Å². The van der Waals surface area contributed by atoms with E-state index in [1.165, 1.54) is 0 Å². The van der Waals surface area contributed by atoms with Gasteiger partial charge in [0, 0.05) is 26.2 Å². The molecule has 0 aliphatic carbocycles. The molecule has 1 unspecified atom stereocenters. The summed E-state index contributed by atoms with van der Waals surface area (Å²) >= 11 is 4.41. The molecule has 0 spiro atoms. The van der Waals surface area contributed by atoms with E-state index in [0.29, 0.717) is 29.1 Å². The molecule has 220 valence electrons. The van der Waals surface area contributed by atoms with E-state index >= 15 is 0 Å². The molecule has 1 saturated heterocycles. The Morgan fingerprint density at radius 1 is 1.10 bits per heavy atom. The average molecular weight is 649 g/mol. The summed E-state index contributed by atoms with van der Waals surface area (Å²) in [5, 5.41) is 13.1. The molecule has 1 atom stereocenters. The smallest absolute Gasteiger partial charge is 0.412 e. The minimum Gasteiger partial charge on any atom is -0.445 e. The third kappa shape index (κ3) is 8.67. The van der Waals surface area contributed by atoms with Crippen LogP contribution in [-0.2, 0) is 23.1 Å². The molecule has 3 amide bonds. The number of amides is 3. The van der Waals surface area contributed by atoms with Crippen molar-refractivity contribution >= 4 is 61.9 Å². The number of carbonyl (C=O) groups excluding carboxylic acids is 3. The summed E-state index contributed by atoms with van der Waals surface area (Å²) in [6, 6.07) is 9.50. The Labute approximate surface area is 250 Å². The van der Waals surface area contributed by atoms with Crippen LogP contribution >= 0.6 is 27.3 Å². The van der Waals surface area contributed by atoms with Crippen molar-refractivity contribution in [1.82, 2.24) is 20.1 Å². The van der Waals surface area contributed by atoms with Gasteiger partial charge in [-0.1, -0.05) is 41.7 Å². The lowest BCUT2D eigenvalue weighted by atomic mass is 10.1. The van der Waals surface area contributed by atoms with E-state index in [9.17, 15) is 14.4 Å². The summed E-state index contributed by atoms with van der Waals surface area (Å²) in [4.78, 5) is 44.3. The minimum atomic E-state index is -0.691. The fraction of sp³-hybridized carbons (Fsp3) is 0.444. The maximum atomic E-state index is 13.3. The molecule has 41 heavy (non-hydrogen) atoms. The summed E-state index contributed by atoms with van der Waals surface area (Å²) < 4.78 is 12.8. The van der Waals surface area contributed by atoms with E-state index in [1.807, 2.05) is 37.4 Å². The zero-order valence-electron chi connectivity index (χ0n) is 23.4. The summed E-state index contributed by atoms with van der Waals surface area (Å²) in [5.74, 6) is 0.240. The molecule has 3 N–H and O–H groups in total. The van der Waals surface area contributed by atoms with Crippen LogP contribution in [0.15, 0.2) is 40.4 Å². The number of ether oxygens (including phenoxy) is 2. The van der Waals surface area contributed by atoms with Crippen LogP contribution in [0.25, 0.3) is 0 Å². The first-order valence-corrected chi connectivity index (χ1v) is 14.8. The first-order chi connectivity index (χ1) is 19.5. The van der Waals surface area contributed by atoms with Gasteiger partial charge in [0.05, 0.1) is 6.20 Å². The lowest BCUT2D eigenvalue weighted by Crippen LogP contribution is -2.36. The number of benzene rings is 1. The second-order valence-electron chi connectivity index (χ2n) is 10.6. The van der Waals surface area contributed by atoms with Crippen molar-refractivity contribution in [2.24, 2.45) is 7.05 Å². The predicted octanol–water partition coefficient (Wildman–Crippen LogP) is 5.52. The molecule has 1 fully saturated rings. The SMILES string of the molecule is Cn1ncc(NC(=O)c2nc(Br)sc2NC(=O)OC(C)(C)C)c1N1CCCC(NC(=O)OCc2ccccc2)CC1. The molecule has 2 aromatic heterocycles. The van der Waals surface area contributed by atoms with Crippen molar-refractivity contribution in [3.05, 3.63) is 51.7 Å². The van der Waals surface area contributed by atoms with E-state index in [4.69, 9.17) is 9.47 Å². The lowest BCUT2D eigenvalue weighted by Gasteiger charge is -2.24. The summed E-state index contributed by atoms with van der Waals surface area (Å²) in [6.45, 7) is 6.84. The molecule has 12 nitrogen and oxygen atoms in total. The number of thiazole rings is 1. The topological polar surface area (TPSA) is 140 Å². The number of hydrogen-bond donors (Lipinski definition) is 3. The van der Waals surface area contributed by atoms with E-state index < -0.39 is 23.7 Å². The standard InChI is InChI=1S/C27H34BrN7O5S/c1-27(2,3)40-26(38)33-22-20(32-24(28)41-22)21(36)31-19-15-29-34(4)23(19)35-13-8-11-18(12-14-35)30-25(37)39-16-17-9-6-5-7-10-17/h5-7,9-10,15,18H,8,11-14,16H2,1-4H3,(H,30,37)(H,31,36)(H,33,38). The number of aryl methyl sites for hydroxylation is 1. The van der Waals surface area contributed by atoms with Gasteiger partial charge in [-0.2, -0.15) is 5.10 Å². The Morgan fingerprint density at radius 3 is 2.59 bits per heavy atom. The molecule has 14 heteroatoms. The first kappa shape index (κ1) is 30.3. The Morgan fingerprint density at radius 2 is 1.85 bits per heavy atom. The van der Waals surface area contributed by atoms with Gasteiger partial charge in [-0.25, -0.2) is 14.6 Å². The minimum absolute atomic E-state index is 0.0385. The predicted molar refractivity (Wildman–Crippen MR) is 160 cm³/mol. The van der Waals surface area contributed by atoms with Crippen LogP contribution in [0, 0.1) is 0 Å². The van der Waals surface area contributed by atoms with Crippen LogP contribution in [-0.4, -0.2) is 57.6 Å². The molecular formula is C27H34BrN7O5S. The average Bonchev–Trinajstić information content (AvgIpc) is 3.35. The molecule has 0 bridgehead atoms. The van der Waals surface area contributed by atoms with Gasteiger partial charge < -0.3 is 25.0 Å². The molecule has 0 radical (unpaired) electrons. The van der Waals surface area contributed by atoms with E-state index in [0.717, 1.165) is 35.6 Å². The van der Waals surface area contributed by atoms with Crippen LogP contribution < -0.4 is 20.9 Å². The van der Waals surface area contributed by atoms with E-state index in [2.05, 4.69) is 46.9 Å². The molecule has 4 rings (SSSR count). The van der Waals surface area contributed by atoms with Crippen molar-refractivity contribution in [1.29, 1.82) is 0 Å². The van der Waals surface area contributed by atoms with Crippen LogP contribution in [0.5, 0.6) is 0 Å². The van der Waals surface area contributed by atoms with Gasteiger partial charge in [0.25, 0.3) is 5.91 Å². The highest BCUT2D eigenvalue weighted by Gasteiger charge is 2.27. The second kappa shape index (κ2) is 13.3. The number of carbonyl (C=O) groups is 3. The third-order valence-electron chi connectivity index (χ3n) is 6.15. The van der Waals surface area contributed by atoms with Crippen LogP contribution in [0.3, 0.4) is 0 Å². The number of halogens is 1. The highest BCUT2D eigenvalue weighted by atomic mass is 79.9. The maximum Gasteiger partial charge on any atom is 0.412 e. The number of nitrogens with zero attached hydrogens (tertiary/aromatic N) is 4. The van der Waals surface area contributed by atoms with E-state index in [1.54, 1.807) is 31.6 Å². The molecule has 3 aromatic rings. The molecule has 3 heterocycles. The first-order valence-electron chi connectivity index (χ1n) is 13.2. The molecule has 0 saturated carbocycles.